The van der Waals surface area contributed by atoms with Gasteiger partial charge in [0.25, 0.3) is 0 Å². The van der Waals surface area contributed by atoms with Gasteiger partial charge in [-0.05, 0) is 30.9 Å². The Hall–Kier alpha value is -1.18. The molecule has 2 heteroatoms. The Bertz CT molecular complexity index is 414. The summed E-state index contributed by atoms with van der Waals surface area (Å²) in [6, 6.07) is 4.06. The quantitative estimate of drug-likeness (QED) is 0.662. The van der Waals surface area contributed by atoms with Gasteiger partial charge in [0.1, 0.15) is 0 Å². The molecule has 0 atom stereocenters. The summed E-state index contributed by atoms with van der Waals surface area (Å²) >= 11 is 0. The van der Waals surface area contributed by atoms with Crippen LogP contribution in [0.15, 0.2) is 23.3 Å². The molecule has 0 aromatic carbocycles. The molecular formula is C12H14N2. The van der Waals surface area contributed by atoms with Crippen molar-refractivity contribution in [2.75, 3.05) is 0 Å². The zero-order valence-electron chi connectivity index (χ0n) is 8.62. The van der Waals surface area contributed by atoms with Gasteiger partial charge in [0.15, 0.2) is 0 Å². The van der Waals surface area contributed by atoms with Crippen LogP contribution in [0.4, 0.5) is 5.69 Å². The van der Waals surface area contributed by atoms with Crippen molar-refractivity contribution in [2.24, 2.45) is 10.9 Å². The van der Waals surface area contributed by atoms with Gasteiger partial charge >= 0.3 is 0 Å². The second kappa shape index (κ2) is 2.44. The van der Waals surface area contributed by atoms with Gasteiger partial charge in [-0.1, -0.05) is 13.8 Å². The molecule has 0 saturated heterocycles. The van der Waals surface area contributed by atoms with E-state index in [4.69, 9.17) is 4.99 Å². The van der Waals surface area contributed by atoms with Gasteiger partial charge < -0.3 is 0 Å². The third-order valence-electron chi connectivity index (χ3n) is 3.27. The fraction of sp³-hybridized carbons (Fsp3) is 0.500. The average Bonchev–Trinajstić information content (AvgIpc) is 2.87. The molecule has 1 aromatic heterocycles. The van der Waals surface area contributed by atoms with E-state index in [1.807, 2.05) is 12.3 Å². The molecule has 72 valence electrons. The average molecular weight is 186 g/mol. The topological polar surface area (TPSA) is 25.2 Å². The molecule has 0 unspecified atom stereocenters. The van der Waals surface area contributed by atoms with Crippen molar-refractivity contribution in [1.82, 2.24) is 4.98 Å². The van der Waals surface area contributed by atoms with Crippen LogP contribution < -0.4 is 0 Å². The molecule has 14 heavy (non-hydrogen) atoms. The first kappa shape index (κ1) is 8.16. The second-order valence-corrected chi connectivity index (χ2v) is 4.60. The first-order valence-corrected chi connectivity index (χ1v) is 5.28. The highest BCUT2D eigenvalue weighted by Crippen LogP contribution is 2.56. The Morgan fingerprint density at radius 2 is 2.14 bits per heavy atom. The molecule has 1 aliphatic carbocycles. The normalized spacial score (nSPS) is 21.2. The number of pyridine rings is 1. The maximum atomic E-state index is 4.72. The van der Waals surface area contributed by atoms with Gasteiger partial charge in [0.2, 0.25) is 0 Å². The number of aromatic nitrogens is 1. The second-order valence-electron chi connectivity index (χ2n) is 4.60. The summed E-state index contributed by atoms with van der Waals surface area (Å²) < 4.78 is 0. The van der Waals surface area contributed by atoms with Crippen LogP contribution in [0.5, 0.6) is 0 Å². The molecule has 2 heterocycles. The van der Waals surface area contributed by atoms with E-state index in [2.05, 4.69) is 24.9 Å². The van der Waals surface area contributed by atoms with Crippen LogP contribution in [-0.4, -0.2) is 10.7 Å². The molecule has 0 bridgehead atoms. The molecule has 0 radical (unpaired) electrons. The standard InChI is InChI=1S/C12H14N2/c1-8(2)10-12(5-6-12)11-9(14-10)4-3-7-13-11/h3-4,7-8H,5-6H2,1-2H3. The highest BCUT2D eigenvalue weighted by molar-refractivity contribution is 6.04. The lowest BCUT2D eigenvalue weighted by molar-refractivity contribution is 0.794. The Kier molecular flexibility index (Phi) is 1.42. The zero-order chi connectivity index (χ0) is 9.76. The van der Waals surface area contributed by atoms with Crippen LogP contribution in [0.25, 0.3) is 0 Å². The Morgan fingerprint density at radius 3 is 2.79 bits per heavy atom. The SMILES string of the molecule is CC(C)C1=Nc2cccnc2C12CC2. The fourth-order valence-electron chi connectivity index (χ4n) is 2.51. The lowest BCUT2D eigenvalue weighted by Gasteiger charge is -2.13. The van der Waals surface area contributed by atoms with Gasteiger partial charge in [-0.3, -0.25) is 9.98 Å². The van der Waals surface area contributed by atoms with Gasteiger partial charge in [0, 0.05) is 11.9 Å². The van der Waals surface area contributed by atoms with Gasteiger partial charge in [-0.2, -0.15) is 0 Å². The summed E-state index contributed by atoms with van der Waals surface area (Å²) in [6.07, 6.45) is 4.37. The minimum absolute atomic E-state index is 0.255. The van der Waals surface area contributed by atoms with E-state index in [9.17, 15) is 0 Å². The fourth-order valence-corrected chi connectivity index (χ4v) is 2.51. The summed E-state index contributed by atoms with van der Waals surface area (Å²) in [6.45, 7) is 4.45. The summed E-state index contributed by atoms with van der Waals surface area (Å²) in [5.41, 5.74) is 3.94. The summed E-state index contributed by atoms with van der Waals surface area (Å²) in [5, 5.41) is 0. The predicted molar refractivity (Wildman–Crippen MR) is 57.1 cm³/mol. The smallest absolute Gasteiger partial charge is 0.0854 e. The molecule has 0 N–H and O–H groups in total. The van der Waals surface area contributed by atoms with Crippen LogP contribution in [0.1, 0.15) is 32.4 Å². The van der Waals surface area contributed by atoms with Crippen molar-refractivity contribution in [3.05, 3.63) is 24.0 Å². The molecule has 2 aliphatic rings. The van der Waals surface area contributed by atoms with Crippen molar-refractivity contribution < 1.29 is 0 Å². The van der Waals surface area contributed by atoms with Crippen LogP contribution in [-0.2, 0) is 5.41 Å². The third kappa shape index (κ3) is 0.861. The molecule has 1 aliphatic heterocycles. The Labute approximate surface area is 84.1 Å². The maximum absolute atomic E-state index is 4.72. The number of fused-ring (bicyclic) bond motifs is 2. The number of nitrogens with zero attached hydrogens (tertiary/aromatic N) is 2. The van der Waals surface area contributed by atoms with Crippen molar-refractivity contribution in [3.63, 3.8) is 0 Å². The van der Waals surface area contributed by atoms with Crippen molar-refractivity contribution in [2.45, 2.75) is 32.1 Å². The van der Waals surface area contributed by atoms with E-state index in [0.717, 1.165) is 5.69 Å². The third-order valence-corrected chi connectivity index (χ3v) is 3.27. The Morgan fingerprint density at radius 1 is 1.36 bits per heavy atom. The van der Waals surface area contributed by atoms with E-state index in [1.54, 1.807) is 0 Å². The monoisotopic (exact) mass is 186 g/mol. The molecule has 1 spiro atoms. The minimum atomic E-state index is 0.255. The number of aliphatic imine (C=N–C) groups is 1. The molecule has 2 nitrogen and oxygen atoms in total. The van der Waals surface area contributed by atoms with E-state index in [-0.39, 0.29) is 5.41 Å². The molecule has 1 saturated carbocycles. The van der Waals surface area contributed by atoms with Crippen molar-refractivity contribution in [3.8, 4) is 0 Å². The predicted octanol–water partition coefficient (Wildman–Crippen LogP) is 2.86. The molecule has 0 amide bonds. The van der Waals surface area contributed by atoms with E-state index < -0.39 is 0 Å². The number of hydrogen-bond donors (Lipinski definition) is 0. The van der Waals surface area contributed by atoms with Crippen molar-refractivity contribution in [1.29, 1.82) is 0 Å². The van der Waals surface area contributed by atoms with Crippen LogP contribution >= 0.6 is 0 Å². The van der Waals surface area contributed by atoms with Gasteiger partial charge in [-0.25, -0.2) is 0 Å². The maximum Gasteiger partial charge on any atom is 0.0854 e. The van der Waals surface area contributed by atoms with Crippen LogP contribution in [0.3, 0.4) is 0 Å². The van der Waals surface area contributed by atoms with E-state index in [1.165, 1.54) is 24.2 Å². The molecule has 3 rings (SSSR count). The largest absolute Gasteiger partial charge is 0.258 e. The lowest BCUT2D eigenvalue weighted by Crippen LogP contribution is -2.22. The van der Waals surface area contributed by atoms with Gasteiger partial charge in [0.05, 0.1) is 16.8 Å². The van der Waals surface area contributed by atoms with Crippen LogP contribution in [0, 0.1) is 5.92 Å². The van der Waals surface area contributed by atoms with E-state index in [0.29, 0.717) is 5.92 Å². The first-order chi connectivity index (χ1) is 6.74. The summed E-state index contributed by atoms with van der Waals surface area (Å²) in [7, 11) is 0. The highest BCUT2D eigenvalue weighted by Gasteiger charge is 2.54. The minimum Gasteiger partial charge on any atom is -0.258 e. The van der Waals surface area contributed by atoms with Crippen LogP contribution in [0.2, 0.25) is 0 Å². The van der Waals surface area contributed by atoms with Crippen molar-refractivity contribution >= 4 is 11.4 Å². The highest BCUT2D eigenvalue weighted by atomic mass is 14.9. The Balaban J connectivity index is 2.17. The van der Waals surface area contributed by atoms with E-state index >= 15 is 0 Å². The lowest BCUT2D eigenvalue weighted by atomic mass is 9.90. The molecule has 1 aromatic rings. The summed E-state index contributed by atoms with van der Waals surface area (Å²) in [5.74, 6) is 0.548. The zero-order valence-corrected chi connectivity index (χ0v) is 8.62. The molecular weight excluding hydrogens is 172 g/mol. The summed E-state index contributed by atoms with van der Waals surface area (Å²) in [4.78, 5) is 9.21. The molecule has 1 fully saturated rings. The first-order valence-electron chi connectivity index (χ1n) is 5.28. The number of rotatable bonds is 1. The number of hydrogen-bond acceptors (Lipinski definition) is 2. The van der Waals surface area contributed by atoms with Gasteiger partial charge in [-0.15, -0.1) is 0 Å².